The maximum absolute atomic E-state index is 13.7. The molecule has 5 rings (SSSR count). The average Bonchev–Trinajstić information content (AvgIpc) is 3.49. The van der Waals surface area contributed by atoms with Gasteiger partial charge in [0.15, 0.2) is 0 Å². The fourth-order valence-electron chi connectivity index (χ4n) is 9.11. The fourth-order valence-corrected chi connectivity index (χ4v) is 16.4. The summed E-state index contributed by atoms with van der Waals surface area (Å²) in [4.78, 5) is 13.7. The van der Waals surface area contributed by atoms with E-state index in [-0.39, 0.29) is 33.8 Å². The Kier molecular flexibility index (Phi) is 9.89. The zero-order valence-electron chi connectivity index (χ0n) is 28.9. The Labute approximate surface area is 278 Å². The van der Waals surface area contributed by atoms with Crippen LogP contribution in [0.25, 0.3) is 0 Å². The van der Waals surface area contributed by atoms with E-state index < -0.39 is 36.3 Å². The summed E-state index contributed by atoms with van der Waals surface area (Å²) in [6.07, 6.45) is 8.56. The lowest BCUT2D eigenvalue weighted by Crippen LogP contribution is -2.67. The molecule has 2 aliphatic carbocycles. The Morgan fingerprint density at radius 1 is 1.07 bits per heavy atom. The lowest BCUT2D eigenvalue weighted by atomic mass is 9.69. The van der Waals surface area contributed by atoms with Gasteiger partial charge in [-0.1, -0.05) is 128 Å². The topological polar surface area (TPSA) is 83.9 Å². The number of benzene rings is 2. The first-order valence-electron chi connectivity index (χ1n) is 17.3. The third-order valence-corrected chi connectivity index (χ3v) is 18.9. The maximum atomic E-state index is 13.7. The summed E-state index contributed by atoms with van der Waals surface area (Å²) in [5.41, 5.74) is -0.461. The zero-order valence-corrected chi connectivity index (χ0v) is 30.7. The lowest BCUT2D eigenvalue weighted by Gasteiger charge is -2.44. The number of hydrogen-bond donors (Lipinski definition) is 1. The van der Waals surface area contributed by atoms with Crippen molar-refractivity contribution >= 4 is 34.6 Å². The van der Waals surface area contributed by atoms with Gasteiger partial charge in [0, 0.05) is 5.41 Å². The van der Waals surface area contributed by atoms with Gasteiger partial charge in [-0.15, -0.1) is 0 Å². The van der Waals surface area contributed by atoms with E-state index in [9.17, 15) is 18.3 Å². The number of aliphatic hydroxyl groups excluding tert-OH is 1. The quantitative estimate of drug-likeness (QED) is 0.209. The predicted octanol–water partition coefficient (Wildman–Crippen LogP) is 6.43. The molecule has 3 fully saturated rings. The molecule has 2 aromatic carbocycles. The summed E-state index contributed by atoms with van der Waals surface area (Å²) in [7, 11) is -6.44. The van der Waals surface area contributed by atoms with Crippen LogP contribution in [0.3, 0.4) is 0 Å². The molecule has 0 unspecified atom stereocenters. The normalized spacial score (nSPS) is 27.1. The molecule has 8 heteroatoms. The Balaban J connectivity index is 1.29. The van der Waals surface area contributed by atoms with Crippen molar-refractivity contribution in [3.05, 3.63) is 72.8 Å². The number of carbonyl (C=O) groups excluding carboxylic acids is 1. The summed E-state index contributed by atoms with van der Waals surface area (Å²) in [5.74, 6) is -0.743. The molecular weight excluding hydrogens is 611 g/mol. The van der Waals surface area contributed by atoms with E-state index in [0.29, 0.717) is 18.8 Å². The van der Waals surface area contributed by atoms with Gasteiger partial charge in [0.05, 0.1) is 29.9 Å². The zero-order chi connectivity index (χ0) is 33.5. The van der Waals surface area contributed by atoms with E-state index in [1.165, 1.54) is 14.7 Å². The summed E-state index contributed by atoms with van der Waals surface area (Å²) in [5, 5.41) is 13.5. The number of carbonyl (C=O) groups is 1. The minimum absolute atomic E-state index is 0.0512. The van der Waals surface area contributed by atoms with Crippen LogP contribution in [0.5, 0.6) is 0 Å². The minimum atomic E-state index is -3.71. The summed E-state index contributed by atoms with van der Waals surface area (Å²) in [6.45, 7) is 15.0. The van der Waals surface area contributed by atoms with E-state index in [1.807, 2.05) is 12.1 Å². The van der Waals surface area contributed by atoms with Crippen LogP contribution in [-0.2, 0) is 19.2 Å². The SMILES string of the molecule is CCC[C@H](/C=C\CC[C@@H](O)[C@H](C)C(=O)N1[C@H]2C[C@@H]3CC[C@@]2(CS1(=O)=O)C3(C)C)O[Si](c1ccccc1)(c1ccccc1)C(C)(C)C. The second-order valence-corrected chi connectivity index (χ2v) is 21.8. The molecular formula is C38H55NO5SSi. The van der Waals surface area contributed by atoms with Crippen LogP contribution in [0, 0.1) is 22.7 Å². The van der Waals surface area contributed by atoms with Crippen LogP contribution in [0.15, 0.2) is 72.8 Å². The van der Waals surface area contributed by atoms with Gasteiger partial charge in [-0.2, -0.15) is 0 Å². The molecule has 1 N–H and O–H groups in total. The third-order valence-electron chi connectivity index (χ3n) is 11.9. The average molecular weight is 666 g/mol. The van der Waals surface area contributed by atoms with Gasteiger partial charge in [0.25, 0.3) is 8.32 Å². The minimum Gasteiger partial charge on any atom is -0.401 e. The molecule has 2 bridgehead atoms. The molecule has 2 aromatic rings. The van der Waals surface area contributed by atoms with Gasteiger partial charge in [0.1, 0.15) is 0 Å². The molecule has 1 saturated heterocycles. The van der Waals surface area contributed by atoms with E-state index in [4.69, 9.17) is 4.43 Å². The van der Waals surface area contributed by atoms with E-state index in [0.717, 1.165) is 32.1 Å². The molecule has 1 heterocycles. The highest BCUT2D eigenvalue weighted by Gasteiger charge is 2.72. The van der Waals surface area contributed by atoms with Crippen molar-refractivity contribution in [2.75, 3.05) is 5.75 Å². The van der Waals surface area contributed by atoms with Gasteiger partial charge >= 0.3 is 0 Å². The largest absolute Gasteiger partial charge is 0.401 e. The molecule has 46 heavy (non-hydrogen) atoms. The van der Waals surface area contributed by atoms with Crippen molar-refractivity contribution < 1.29 is 22.7 Å². The highest BCUT2D eigenvalue weighted by atomic mass is 32.2. The molecule has 0 radical (unpaired) electrons. The Hall–Kier alpha value is -2.26. The molecule has 252 valence electrons. The Bertz CT molecular complexity index is 1460. The summed E-state index contributed by atoms with van der Waals surface area (Å²) < 4.78 is 35.3. The highest BCUT2D eigenvalue weighted by Crippen LogP contribution is 2.70. The summed E-state index contributed by atoms with van der Waals surface area (Å²) in [6, 6.07) is 21.0. The second-order valence-electron chi connectivity index (χ2n) is 15.7. The molecule has 1 spiro atoms. The highest BCUT2D eigenvalue weighted by molar-refractivity contribution is 7.90. The van der Waals surface area contributed by atoms with Crippen molar-refractivity contribution in [2.45, 2.75) is 117 Å². The molecule has 2 saturated carbocycles. The molecule has 6 nitrogen and oxygen atoms in total. The van der Waals surface area contributed by atoms with Gasteiger partial charge in [-0.3, -0.25) is 4.79 Å². The fraction of sp³-hybridized carbons (Fsp3) is 0.605. The number of nitrogens with zero attached hydrogens (tertiary/aromatic N) is 1. The van der Waals surface area contributed by atoms with Crippen LogP contribution in [0.1, 0.15) is 93.4 Å². The van der Waals surface area contributed by atoms with Crippen LogP contribution >= 0.6 is 0 Å². The van der Waals surface area contributed by atoms with Crippen LogP contribution in [-0.4, -0.2) is 56.1 Å². The molecule has 1 aliphatic heterocycles. The van der Waals surface area contributed by atoms with E-state index in [1.54, 1.807) is 6.92 Å². The molecule has 0 aromatic heterocycles. The number of fused-ring (bicyclic) bond motifs is 1. The number of hydrogen-bond acceptors (Lipinski definition) is 5. The van der Waals surface area contributed by atoms with Crippen molar-refractivity contribution in [1.29, 1.82) is 0 Å². The molecule has 3 aliphatic rings. The Morgan fingerprint density at radius 3 is 2.17 bits per heavy atom. The summed E-state index contributed by atoms with van der Waals surface area (Å²) >= 11 is 0. The van der Waals surface area contributed by atoms with Crippen molar-refractivity contribution in [1.82, 2.24) is 4.31 Å². The number of amides is 1. The second kappa shape index (κ2) is 13.0. The number of sulfonamides is 1. The van der Waals surface area contributed by atoms with E-state index in [2.05, 4.69) is 102 Å². The first-order valence-corrected chi connectivity index (χ1v) is 20.8. The predicted molar refractivity (Wildman–Crippen MR) is 189 cm³/mol. The smallest absolute Gasteiger partial charge is 0.261 e. The number of aliphatic hydroxyl groups is 1. The molecule has 1 amide bonds. The lowest BCUT2D eigenvalue weighted by molar-refractivity contribution is -0.136. The number of allylic oxidation sites excluding steroid dienone is 1. The first-order chi connectivity index (χ1) is 21.6. The van der Waals surface area contributed by atoms with Crippen LogP contribution < -0.4 is 10.4 Å². The number of rotatable bonds is 12. The van der Waals surface area contributed by atoms with Crippen LogP contribution in [0.2, 0.25) is 5.04 Å². The van der Waals surface area contributed by atoms with Crippen molar-refractivity contribution in [3.63, 3.8) is 0 Å². The van der Waals surface area contributed by atoms with Crippen molar-refractivity contribution in [2.24, 2.45) is 22.7 Å². The van der Waals surface area contributed by atoms with Gasteiger partial charge in [0.2, 0.25) is 15.9 Å². The standard InChI is InChI=1S/C38H55NO5SSi/c1-8-17-30(44-46(36(3,4)5,31-19-11-9-12-20-31)32-21-13-10-14-22-32)18-15-16-23-33(40)28(2)35(41)39-34-26-29-24-25-38(34,37(29,6)7)27-45(39,42)43/h9-15,18-22,28-30,33-34,40H,8,16-17,23-27H2,1-7H3/b18-15-/t28-,29-,30+,33+,34-,38-/m0/s1. The van der Waals surface area contributed by atoms with E-state index >= 15 is 0 Å². The first kappa shape index (κ1) is 35.1. The van der Waals surface area contributed by atoms with Gasteiger partial charge < -0.3 is 9.53 Å². The monoisotopic (exact) mass is 665 g/mol. The third kappa shape index (κ3) is 5.86. The van der Waals surface area contributed by atoms with Gasteiger partial charge in [-0.05, 0) is 65.3 Å². The van der Waals surface area contributed by atoms with Crippen LogP contribution in [0.4, 0.5) is 0 Å². The van der Waals surface area contributed by atoms with Gasteiger partial charge in [-0.25, -0.2) is 12.7 Å². The Morgan fingerprint density at radius 2 is 1.65 bits per heavy atom. The maximum Gasteiger partial charge on any atom is 0.261 e. The van der Waals surface area contributed by atoms with Crippen molar-refractivity contribution in [3.8, 4) is 0 Å². The molecule has 6 atom stereocenters.